The summed E-state index contributed by atoms with van der Waals surface area (Å²) in [6, 6.07) is 7.54. The molecule has 0 aliphatic carbocycles. The largest absolute Gasteiger partial charge is 0.490 e. The first kappa shape index (κ1) is 25.9. The number of carbonyl (C=O) groups is 3. The Bertz CT molecular complexity index is 643. The lowest BCUT2D eigenvalue weighted by Crippen LogP contribution is -2.30. The van der Waals surface area contributed by atoms with Gasteiger partial charge in [0.15, 0.2) is 6.61 Å². The standard InChI is InChI=1S/C14H19NO4S2.C2HF3O2/c1-11-3-2-4-12(9-11)19-10-13(16)15-6-8-21-20-7-5-14(17)18;3-2(4,5)1(6)7/h2-4,9H,5-8,10H2,1H3,(H,15,16)(H,17,18);(H,6,7). The zero-order valence-corrected chi connectivity index (χ0v) is 16.5. The maximum absolute atomic E-state index is 11.5. The summed E-state index contributed by atoms with van der Waals surface area (Å²) in [6.07, 6.45) is -4.92. The lowest BCUT2D eigenvalue weighted by molar-refractivity contribution is -0.192. The van der Waals surface area contributed by atoms with Gasteiger partial charge in [0.25, 0.3) is 5.91 Å². The summed E-state index contributed by atoms with van der Waals surface area (Å²) in [7, 11) is 3.05. The first-order valence-electron chi connectivity index (χ1n) is 7.75. The molecule has 1 aromatic rings. The molecule has 0 aromatic heterocycles. The molecule has 3 N–H and O–H groups in total. The van der Waals surface area contributed by atoms with Gasteiger partial charge in [-0.05, 0) is 24.6 Å². The van der Waals surface area contributed by atoms with Gasteiger partial charge in [-0.2, -0.15) is 13.2 Å². The lowest BCUT2D eigenvalue weighted by atomic mass is 10.2. The summed E-state index contributed by atoms with van der Waals surface area (Å²) in [5, 5.41) is 18.3. The SMILES string of the molecule is Cc1cccc(OCC(=O)NCCSSCCC(=O)O)c1.O=C(O)C(F)(F)F. The molecule has 1 rings (SSSR count). The third kappa shape index (κ3) is 15.0. The fourth-order valence-corrected chi connectivity index (χ4v) is 3.27. The number of benzene rings is 1. The monoisotopic (exact) mass is 443 g/mol. The van der Waals surface area contributed by atoms with Gasteiger partial charge in [-0.25, -0.2) is 4.79 Å². The maximum atomic E-state index is 11.5. The maximum Gasteiger partial charge on any atom is 0.490 e. The highest BCUT2D eigenvalue weighted by Crippen LogP contribution is 2.20. The first-order chi connectivity index (χ1) is 13.0. The van der Waals surface area contributed by atoms with Crippen LogP contribution in [0, 0.1) is 6.92 Å². The van der Waals surface area contributed by atoms with Gasteiger partial charge in [0.05, 0.1) is 6.42 Å². The molecule has 0 unspecified atom stereocenters. The van der Waals surface area contributed by atoms with Crippen LogP contribution in [0.15, 0.2) is 24.3 Å². The number of rotatable bonds is 10. The van der Waals surface area contributed by atoms with E-state index in [4.69, 9.17) is 19.7 Å². The predicted octanol–water partition coefficient (Wildman–Crippen LogP) is 2.98. The number of aliphatic carboxylic acids is 2. The zero-order valence-electron chi connectivity index (χ0n) is 14.8. The van der Waals surface area contributed by atoms with E-state index in [-0.39, 0.29) is 18.9 Å². The normalized spacial score (nSPS) is 10.4. The molecule has 0 heterocycles. The van der Waals surface area contributed by atoms with Crippen LogP contribution in [-0.4, -0.2) is 58.9 Å². The Hall–Kier alpha value is -2.08. The van der Waals surface area contributed by atoms with Crippen LogP contribution in [0.4, 0.5) is 13.2 Å². The van der Waals surface area contributed by atoms with E-state index in [1.165, 1.54) is 10.8 Å². The summed E-state index contributed by atoms with van der Waals surface area (Å²) in [6.45, 7) is 2.51. The van der Waals surface area contributed by atoms with Crippen molar-refractivity contribution in [3.05, 3.63) is 29.8 Å². The number of nitrogens with one attached hydrogen (secondary N) is 1. The van der Waals surface area contributed by atoms with Crippen LogP contribution >= 0.6 is 21.6 Å². The van der Waals surface area contributed by atoms with Crippen LogP contribution in [0.5, 0.6) is 5.75 Å². The number of aryl methyl sites for hydroxylation is 1. The molecule has 158 valence electrons. The Kier molecular flexibility index (Phi) is 13.0. The number of halogens is 3. The van der Waals surface area contributed by atoms with Gasteiger partial charge in [0.1, 0.15) is 5.75 Å². The molecule has 0 bridgehead atoms. The van der Waals surface area contributed by atoms with E-state index in [1.54, 1.807) is 10.8 Å². The molecule has 0 aliphatic heterocycles. The van der Waals surface area contributed by atoms with Crippen molar-refractivity contribution in [2.24, 2.45) is 0 Å². The van der Waals surface area contributed by atoms with Crippen LogP contribution in [-0.2, 0) is 14.4 Å². The highest BCUT2D eigenvalue weighted by Gasteiger charge is 2.38. The average molecular weight is 443 g/mol. The first-order valence-corrected chi connectivity index (χ1v) is 10.2. The Morgan fingerprint density at radius 3 is 2.29 bits per heavy atom. The van der Waals surface area contributed by atoms with Gasteiger partial charge < -0.3 is 20.3 Å². The molecular weight excluding hydrogens is 423 g/mol. The molecule has 7 nitrogen and oxygen atoms in total. The number of alkyl halides is 3. The van der Waals surface area contributed by atoms with Gasteiger partial charge in [-0.1, -0.05) is 33.7 Å². The molecule has 0 spiro atoms. The molecule has 0 atom stereocenters. The topological polar surface area (TPSA) is 113 Å². The van der Waals surface area contributed by atoms with E-state index < -0.39 is 18.1 Å². The number of ether oxygens (including phenoxy) is 1. The molecule has 12 heteroatoms. The molecule has 28 heavy (non-hydrogen) atoms. The van der Waals surface area contributed by atoms with Crippen molar-refractivity contribution in [2.75, 3.05) is 24.7 Å². The fourth-order valence-electron chi connectivity index (χ4n) is 1.38. The van der Waals surface area contributed by atoms with E-state index in [0.29, 0.717) is 18.0 Å². The molecule has 0 saturated carbocycles. The fraction of sp³-hybridized carbons (Fsp3) is 0.438. The number of hydrogen-bond acceptors (Lipinski definition) is 6. The third-order valence-electron chi connectivity index (χ3n) is 2.59. The van der Waals surface area contributed by atoms with Crippen LogP contribution in [0.1, 0.15) is 12.0 Å². The summed E-state index contributed by atoms with van der Waals surface area (Å²) in [4.78, 5) is 30.7. The molecule has 0 saturated heterocycles. The zero-order chi connectivity index (χ0) is 21.6. The Labute approximate surface area is 167 Å². The van der Waals surface area contributed by atoms with Gasteiger partial charge in [0.2, 0.25) is 0 Å². The second-order valence-corrected chi connectivity index (χ2v) is 7.75. The van der Waals surface area contributed by atoms with Crippen LogP contribution < -0.4 is 10.1 Å². The number of carbonyl (C=O) groups excluding carboxylic acids is 1. The van der Waals surface area contributed by atoms with Crippen molar-refractivity contribution in [2.45, 2.75) is 19.5 Å². The number of carboxylic acids is 2. The van der Waals surface area contributed by atoms with Gasteiger partial charge in [-0.3, -0.25) is 9.59 Å². The quantitative estimate of drug-likeness (QED) is 0.374. The summed E-state index contributed by atoms with van der Waals surface area (Å²) < 4.78 is 37.1. The smallest absolute Gasteiger partial charge is 0.484 e. The second-order valence-electron chi connectivity index (χ2n) is 5.05. The Morgan fingerprint density at radius 1 is 1.14 bits per heavy atom. The van der Waals surface area contributed by atoms with E-state index in [9.17, 15) is 22.8 Å². The average Bonchev–Trinajstić information content (AvgIpc) is 2.58. The molecular formula is C16H20F3NO6S2. The van der Waals surface area contributed by atoms with Crippen molar-refractivity contribution in [1.82, 2.24) is 5.32 Å². The van der Waals surface area contributed by atoms with Crippen molar-refractivity contribution in [3.8, 4) is 5.75 Å². The number of carboxylic acid groups (broad SMARTS) is 2. The van der Waals surface area contributed by atoms with E-state index in [2.05, 4.69) is 5.32 Å². The molecule has 0 radical (unpaired) electrons. The highest BCUT2D eigenvalue weighted by molar-refractivity contribution is 8.76. The molecule has 1 aromatic carbocycles. The van der Waals surface area contributed by atoms with Gasteiger partial charge >= 0.3 is 18.1 Å². The van der Waals surface area contributed by atoms with Crippen LogP contribution in [0.3, 0.4) is 0 Å². The molecule has 0 aliphatic rings. The molecule has 1 amide bonds. The van der Waals surface area contributed by atoms with Crippen LogP contribution in [0.2, 0.25) is 0 Å². The van der Waals surface area contributed by atoms with Gasteiger partial charge in [-0.15, -0.1) is 0 Å². The Morgan fingerprint density at radius 2 is 1.75 bits per heavy atom. The van der Waals surface area contributed by atoms with Gasteiger partial charge in [0, 0.05) is 18.1 Å². The van der Waals surface area contributed by atoms with Crippen molar-refractivity contribution < 1.29 is 42.5 Å². The Balaban J connectivity index is 0.000000887. The third-order valence-corrected chi connectivity index (χ3v) is 5.00. The lowest BCUT2D eigenvalue weighted by Gasteiger charge is -2.07. The number of amides is 1. The van der Waals surface area contributed by atoms with Crippen molar-refractivity contribution >= 4 is 39.4 Å². The van der Waals surface area contributed by atoms with E-state index in [1.807, 2.05) is 31.2 Å². The second kappa shape index (κ2) is 14.0. The summed E-state index contributed by atoms with van der Waals surface area (Å²) in [5.41, 5.74) is 1.09. The predicted molar refractivity (Wildman–Crippen MR) is 101 cm³/mol. The summed E-state index contributed by atoms with van der Waals surface area (Å²) in [5.74, 6) is -1.71. The van der Waals surface area contributed by atoms with E-state index in [0.717, 1.165) is 11.3 Å². The van der Waals surface area contributed by atoms with Crippen molar-refractivity contribution in [1.29, 1.82) is 0 Å². The minimum absolute atomic E-state index is 0.000275. The highest BCUT2D eigenvalue weighted by atomic mass is 33.1. The number of hydrogen-bond donors (Lipinski definition) is 3. The minimum atomic E-state index is -5.08. The van der Waals surface area contributed by atoms with Crippen molar-refractivity contribution in [3.63, 3.8) is 0 Å². The van der Waals surface area contributed by atoms with E-state index >= 15 is 0 Å². The summed E-state index contributed by atoms with van der Waals surface area (Å²) >= 11 is 0. The minimum Gasteiger partial charge on any atom is -0.484 e. The van der Waals surface area contributed by atoms with Crippen LogP contribution in [0.25, 0.3) is 0 Å². The molecule has 0 fully saturated rings.